The molecule has 0 aliphatic carbocycles. The van der Waals surface area contributed by atoms with Gasteiger partial charge in [-0.1, -0.05) is 6.07 Å². The predicted molar refractivity (Wildman–Crippen MR) is 68.3 cm³/mol. The monoisotopic (exact) mass is 267 g/mol. The van der Waals surface area contributed by atoms with Gasteiger partial charge in [-0.25, -0.2) is 4.39 Å². The zero-order valence-corrected chi connectivity index (χ0v) is 10.6. The SMILES string of the molecule is O=C(NCC(O)C1CCOCC1)c1cccc(F)c1. The van der Waals surface area contributed by atoms with Crippen molar-refractivity contribution in [3.05, 3.63) is 35.6 Å². The number of amides is 1. The van der Waals surface area contributed by atoms with Crippen LogP contribution >= 0.6 is 0 Å². The minimum Gasteiger partial charge on any atom is -0.391 e. The van der Waals surface area contributed by atoms with Crippen LogP contribution < -0.4 is 5.32 Å². The summed E-state index contributed by atoms with van der Waals surface area (Å²) in [5.41, 5.74) is 0.263. The number of aliphatic hydroxyl groups excluding tert-OH is 1. The van der Waals surface area contributed by atoms with Gasteiger partial charge in [0.1, 0.15) is 5.82 Å². The van der Waals surface area contributed by atoms with E-state index in [1.807, 2.05) is 0 Å². The lowest BCUT2D eigenvalue weighted by atomic mass is 9.94. The first kappa shape index (κ1) is 14.0. The summed E-state index contributed by atoms with van der Waals surface area (Å²) in [6, 6.07) is 5.49. The minimum absolute atomic E-state index is 0.154. The van der Waals surface area contributed by atoms with Gasteiger partial charge in [-0.3, -0.25) is 4.79 Å². The quantitative estimate of drug-likeness (QED) is 0.865. The Hall–Kier alpha value is -1.46. The lowest BCUT2D eigenvalue weighted by Gasteiger charge is -2.26. The molecule has 1 unspecified atom stereocenters. The van der Waals surface area contributed by atoms with Gasteiger partial charge < -0.3 is 15.2 Å². The van der Waals surface area contributed by atoms with Gasteiger partial charge in [0, 0.05) is 25.3 Å². The van der Waals surface area contributed by atoms with Crippen LogP contribution in [0.3, 0.4) is 0 Å². The Labute approximate surface area is 111 Å². The third-order valence-corrected chi connectivity index (χ3v) is 3.37. The molecule has 2 rings (SSSR count). The van der Waals surface area contributed by atoms with E-state index >= 15 is 0 Å². The number of carbonyl (C=O) groups is 1. The Morgan fingerprint density at radius 1 is 1.47 bits per heavy atom. The van der Waals surface area contributed by atoms with E-state index in [0.29, 0.717) is 13.2 Å². The number of halogens is 1. The van der Waals surface area contributed by atoms with E-state index in [2.05, 4.69) is 5.32 Å². The Bertz CT molecular complexity index is 432. The van der Waals surface area contributed by atoms with Crippen molar-refractivity contribution in [3.8, 4) is 0 Å². The standard InChI is InChI=1S/C14H18FNO3/c15-12-3-1-2-11(8-12)14(18)16-9-13(17)10-4-6-19-7-5-10/h1-3,8,10,13,17H,4-7,9H2,(H,16,18). The van der Waals surface area contributed by atoms with E-state index in [1.165, 1.54) is 18.2 Å². The van der Waals surface area contributed by atoms with Crippen LogP contribution in [0.4, 0.5) is 4.39 Å². The van der Waals surface area contributed by atoms with Crippen molar-refractivity contribution in [1.29, 1.82) is 0 Å². The molecule has 2 N–H and O–H groups in total. The van der Waals surface area contributed by atoms with Crippen LogP contribution in [0, 0.1) is 11.7 Å². The first-order valence-electron chi connectivity index (χ1n) is 6.46. The predicted octanol–water partition coefficient (Wildman–Crippen LogP) is 1.34. The van der Waals surface area contributed by atoms with Crippen LogP contribution in [0.5, 0.6) is 0 Å². The van der Waals surface area contributed by atoms with Gasteiger partial charge in [-0.15, -0.1) is 0 Å². The second-order valence-electron chi connectivity index (χ2n) is 4.74. The molecule has 1 atom stereocenters. The lowest BCUT2D eigenvalue weighted by Crippen LogP contribution is -2.38. The molecule has 1 aliphatic heterocycles. The van der Waals surface area contributed by atoms with Crippen molar-refractivity contribution in [2.45, 2.75) is 18.9 Å². The summed E-state index contributed by atoms with van der Waals surface area (Å²) in [6.07, 6.45) is 1.02. The van der Waals surface area contributed by atoms with Gasteiger partial charge in [-0.2, -0.15) is 0 Å². The Morgan fingerprint density at radius 3 is 2.89 bits per heavy atom. The van der Waals surface area contributed by atoms with Gasteiger partial charge in [0.25, 0.3) is 5.91 Å². The maximum atomic E-state index is 13.0. The average Bonchev–Trinajstić information content (AvgIpc) is 2.45. The Morgan fingerprint density at radius 2 is 2.21 bits per heavy atom. The number of carbonyl (C=O) groups excluding carboxylic acids is 1. The van der Waals surface area contributed by atoms with Crippen molar-refractivity contribution in [2.24, 2.45) is 5.92 Å². The second-order valence-corrected chi connectivity index (χ2v) is 4.74. The molecular formula is C14H18FNO3. The molecule has 1 saturated heterocycles. The zero-order chi connectivity index (χ0) is 13.7. The number of benzene rings is 1. The molecule has 5 heteroatoms. The van der Waals surface area contributed by atoms with Crippen molar-refractivity contribution >= 4 is 5.91 Å². The van der Waals surface area contributed by atoms with Gasteiger partial charge in [0.2, 0.25) is 0 Å². The van der Waals surface area contributed by atoms with E-state index in [1.54, 1.807) is 6.07 Å². The number of hydrogen-bond donors (Lipinski definition) is 2. The molecule has 4 nitrogen and oxygen atoms in total. The number of aliphatic hydroxyl groups is 1. The summed E-state index contributed by atoms with van der Waals surface area (Å²) in [5, 5.41) is 12.6. The normalized spacial score (nSPS) is 18.0. The van der Waals surface area contributed by atoms with Gasteiger partial charge in [0.05, 0.1) is 6.10 Å². The fourth-order valence-corrected chi connectivity index (χ4v) is 2.20. The average molecular weight is 267 g/mol. The molecule has 1 amide bonds. The maximum absolute atomic E-state index is 13.0. The molecule has 1 aromatic rings. The number of rotatable bonds is 4. The molecule has 1 fully saturated rings. The molecule has 0 saturated carbocycles. The van der Waals surface area contributed by atoms with Crippen LogP contribution in [0.1, 0.15) is 23.2 Å². The fraction of sp³-hybridized carbons (Fsp3) is 0.500. The molecule has 1 heterocycles. The van der Waals surface area contributed by atoms with E-state index < -0.39 is 11.9 Å². The van der Waals surface area contributed by atoms with E-state index in [4.69, 9.17) is 4.74 Å². The molecule has 0 bridgehead atoms. The zero-order valence-electron chi connectivity index (χ0n) is 10.6. The molecule has 1 aromatic carbocycles. The highest BCUT2D eigenvalue weighted by Gasteiger charge is 2.22. The minimum atomic E-state index is -0.582. The number of nitrogens with one attached hydrogen (secondary N) is 1. The summed E-state index contributed by atoms with van der Waals surface area (Å²) < 4.78 is 18.2. The van der Waals surface area contributed by atoms with Gasteiger partial charge in [0.15, 0.2) is 0 Å². The van der Waals surface area contributed by atoms with Crippen LogP contribution in [-0.2, 0) is 4.74 Å². The number of hydrogen-bond acceptors (Lipinski definition) is 3. The first-order valence-corrected chi connectivity index (χ1v) is 6.46. The maximum Gasteiger partial charge on any atom is 0.251 e. The third-order valence-electron chi connectivity index (χ3n) is 3.37. The lowest BCUT2D eigenvalue weighted by molar-refractivity contribution is 0.00873. The van der Waals surface area contributed by atoms with Crippen LogP contribution in [-0.4, -0.2) is 36.9 Å². The Kier molecular flexibility index (Phi) is 4.87. The highest BCUT2D eigenvalue weighted by Crippen LogP contribution is 2.18. The number of ether oxygens (including phenoxy) is 1. The highest BCUT2D eigenvalue weighted by molar-refractivity contribution is 5.94. The van der Waals surface area contributed by atoms with E-state index in [-0.39, 0.29) is 23.9 Å². The van der Waals surface area contributed by atoms with Gasteiger partial charge in [-0.05, 0) is 37.0 Å². The summed E-state index contributed by atoms with van der Waals surface area (Å²) in [4.78, 5) is 11.8. The molecule has 0 spiro atoms. The molecule has 0 radical (unpaired) electrons. The Balaban J connectivity index is 1.82. The van der Waals surface area contributed by atoms with Gasteiger partial charge >= 0.3 is 0 Å². The first-order chi connectivity index (χ1) is 9.16. The van der Waals surface area contributed by atoms with Crippen molar-refractivity contribution < 1.29 is 19.0 Å². The smallest absolute Gasteiger partial charge is 0.251 e. The van der Waals surface area contributed by atoms with Crippen LogP contribution in [0.2, 0.25) is 0 Å². The molecule has 104 valence electrons. The van der Waals surface area contributed by atoms with E-state index in [0.717, 1.165) is 12.8 Å². The summed E-state index contributed by atoms with van der Waals surface area (Å²) in [6.45, 7) is 1.49. The summed E-state index contributed by atoms with van der Waals surface area (Å²) >= 11 is 0. The third kappa shape index (κ3) is 4.01. The van der Waals surface area contributed by atoms with Crippen LogP contribution in [0.15, 0.2) is 24.3 Å². The largest absolute Gasteiger partial charge is 0.391 e. The van der Waals surface area contributed by atoms with Crippen molar-refractivity contribution in [2.75, 3.05) is 19.8 Å². The molecule has 1 aliphatic rings. The van der Waals surface area contributed by atoms with Crippen molar-refractivity contribution in [1.82, 2.24) is 5.32 Å². The topological polar surface area (TPSA) is 58.6 Å². The van der Waals surface area contributed by atoms with E-state index in [9.17, 15) is 14.3 Å². The molecule has 19 heavy (non-hydrogen) atoms. The molecular weight excluding hydrogens is 249 g/mol. The summed E-state index contributed by atoms with van der Waals surface area (Å²) in [5.74, 6) is -0.662. The second kappa shape index (κ2) is 6.63. The van der Waals surface area contributed by atoms with Crippen LogP contribution in [0.25, 0.3) is 0 Å². The molecule has 0 aromatic heterocycles. The fourth-order valence-electron chi connectivity index (χ4n) is 2.20. The highest BCUT2D eigenvalue weighted by atomic mass is 19.1. The summed E-state index contributed by atoms with van der Waals surface area (Å²) in [7, 11) is 0. The van der Waals surface area contributed by atoms with Crippen molar-refractivity contribution in [3.63, 3.8) is 0 Å².